The van der Waals surface area contributed by atoms with Crippen molar-refractivity contribution in [2.75, 3.05) is 26.2 Å². The van der Waals surface area contributed by atoms with E-state index < -0.39 is 0 Å². The molecule has 3 atom stereocenters. The molecule has 0 bridgehead atoms. The number of nitrogens with zero attached hydrogens (tertiary/aromatic N) is 1. The molecule has 2 rings (SSSR count). The second-order valence-corrected chi connectivity index (χ2v) is 5.94. The molecule has 0 aromatic carbocycles. The predicted molar refractivity (Wildman–Crippen MR) is 72.6 cm³/mol. The Balaban J connectivity index is 2.10. The number of hydrogen-bond donors (Lipinski definition) is 1. The Labute approximate surface area is 111 Å². The number of hydrogen-bond acceptors (Lipinski definition) is 4. The number of rotatable bonds is 3. The van der Waals surface area contributed by atoms with E-state index in [-0.39, 0.29) is 5.54 Å². The summed E-state index contributed by atoms with van der Waals surface area (Å²) in [5, 5.41) is 0. The Kier molecular flexibility index (Phi) is 4.64. The predicted octanol–water partition coefficient (Wildman–Crippen LogP) is 1.38. The average molecular weight is 256 g/mol. The van der Waals surface area contributed by atoms with E-state index in [2.05, 4.69) is 25.7 Å². The third-order valence-electron chi connectivity index (χ3n) is 4.44. The van der Waals surface area contributed by atoms with Crippen LogP contribution in [0.1, 0.15) is 40.0 Å². The molecule has 0 radical (unpaired) electrons. The molecule has 2 fully saturated rings. The van der Waals surface area contributed by atoms with Crippen LogP contribution >= 0.6 is 0 Å². The van der Waals surface area contributed by atoms with Crippen molar-refractivity contribution in [3.63, 3.8) is 0 Å². The fourth-order valence-electron chi connectivity index (χ4n) is 3.60. The minimum Gasteiger partial charge on any atom is -0.376 e. The minimum atomic E-state index is 0.119. The maximum Gasteiger partial charge on any atom is 0.0700 e. The molecular formula is C14H28N2O2. The quantitative estimate of drug-likeness (QED) is 0.829. The molecule has 2 aliphatic heterocycles. The Hall–Kier alpha value is -0.160. The Morgan fingerprint density at radius 2 is 1.94 bits per heavy atom. The van der Waals surface area contributed by atoms with Gasteiger partial charge in [-0.1, -0.05) is 6.92 Å². The molecule has 4 nitrogen and oxygen atoms in total. The molecule has 4 heteroatoms. The third-order valence-corrected chi connectivity index (χ3v) is 4.44. The summed E-state index contributed by atoms with van der Waals surface area (Å²) in [6.45, 7) is 10.1. The molecule has 18 heavy (non-hydrogen) atoms. The highest BCUT2D eigenvalue weighted by Gasteiger charge is 2.43. The van der Waals surface area contributed by atoms with Crippen molar-refractivity contribution in [3.8, 4) is 0 Å². The molecule has 2 aliphatic rings. The van der Waals surface area contributed by atoms with Crippen LogP contribution in [0.3, 0.4) is 0 Å². The molecule has 0 spiro atoms. The molecule has 0 saturated carbocycles. The lowest BCUT2D eigenvalue weighted by molar-refractivity contribution is -0.135. The standard InChI is InChI=1S/C14H28N2O2/c1-4-13-9-16(5-6-17-13)14(10-15)7-11(2)18-12(3)8-14/h11-13H,4-10,15H2,1-3H3. The third kappa shape index (κ3) is 2.87. The summed E-state index contributed by atoms with van der Waals surface area (Å²) in [7, 11) is 0. The van der Waals surface area contributed by atoms with E-state index in [1.54, 1.807) is 0 Å². The van der Waals surface area contributed by atoms with Crippen molar-refractivity contribution in [2.24, 2.45) is 5.73 Å². The maximum atomic E-state index is 6.14. The van der Waals surface area contributed by atoms with Gasteiger partial charge in [-0.15, -0.1) is 0 Å². The second-order valence-electron chi connectivity index (χ2n) is 5.94. The van der Waals surface area contributed by atoms with Gasteiger partial charge in [-0.3, -0.25) is 4.90 Å². The summed E-state index contributed by atoms with van der Waals surface area (Å²) < 4.78 is 11.7. The van der Waals surface area contributed by atoms with Gasteiger partial charge in [0.15, 0.2) is 0 Å². The van der Waals surface area contributed by atoms with Gasteiger partial charge in [0.2, 0.25) is 0 Å². The number of nitrogens with two attached hydrogens (primary N) is 1. The first kappa shape index (κ1) is 14.3. The summed E-state index contributed by atoms with van der Waals surface area (Å²) in [6.07, 6.45) is 4.16. The topological polar surface area (TPSA) is 47.7 Å². The summed E-state index contributed by atoms with van der Waals surface area (Å²) in [6, 6.07) is 0. The summed E-state index contributed by atoms with van der Waals surface area (Å²) in [5.74, 6) is 0. The molecular weight excluding hydrogens is 228 g/mol. The fraction of sp³-hybridized carbons (Fsp3) is 1.00. The van der Waals surface area contributed by atoms with Crippen molar-refractivity contribution in [1.29, 1.82) is 0 Å². The zero-order valence-electron chi connectivity index (χ0n) is 12.0. The molecule has 0 amide bonds. The highest BCUT2D eigenvalue weighted by atomic mass is 16.5. The van der Waals surface area contributed by atoms with E-state index in [1.165, 1.54) is 0 Å². The van der Waals surface area contributed by atoms with Gasteiger partial charge in [-0.25, -0.2) is 0 Å². The molecule has 0 aliphatic carbocycles. The first-order valence-corrected chi connectivity index (χ1v) is 7.32. The van der Waals surface area contributed by atoms with Gasteiger partial charge in [0.25, 0.3) is 0 Å². The van der Waals surface area contributed by atoms with E-state index in [1.807, 2.05) is 0 Å². The molecule has 0 aromatic heterocycles. The molecule has 106 valence electrons. The van der Waals surface area contributed by atoms with E-state index in [0.717, 1.165) is 45.5 Å². The van der Waals surface area contributed by atoms with Crippen molar-refractivity contribution in [1.82, 2.24) is 4.90 Å². The summed E-state index contributed by atoms with van der Waals surface area (Å²) in [5.41, 5.74) is 6.26. The molecule has 2 saturated heterocycles. The largest absolute Gasteiger partial charge is 0.376 e. The maximum absolute atomic E-state index is 6.14. The van der Waals surface area contributed by atoms with Crippen molar-refractivity contribution in [3.05, 3.63) is 0 Å². The highest BCUT2D eigenvalue weighted by molar-refractivity contribution is 4.99. The molecule has 2 heterocycles. The van der Waals surface area contributed by atoms with Gasteiger partial charge < -0.3 is 15.2 Å². The number of ether oxygens (including phenoxy) is 2. The van der Waals surface area contributed by atoms with Gasteiger partial charge in [0.05, 0.1) is 24.9 Å². The first-order chi connectivity index (χ1) is 8.59. The van der Waals surface area contributed by atoms with Gasteiger partial charge in [0.1, 0.15) is 0 Å². The average Bonchev–Trinajstić information content (AvgIpc) is 2.37. The van der Waals surface area contributed by atoms with Crippen LogP contribution in [0.4, 0.5) is 0 Å². The van der Waals surface area contributed by atoms with E-state index >= 15 is 0 Å². The first-order valence-electron chi connectivity index (χ1n) is 7.32. The van der Waals surface area contributed by atoms with Gasteiger partial charge in [0, 0.05) is 25.2 Å². The fourth-order valence-corrected chi connectivity index (χ4v) is 3.60. The van der Waals surface area contributed by atoms with Crippen LogP contribution in [0.15, 0.2) is 0 Å². The lowest BCUT2D eigenvalue weighted by Gasteiger charge is -2.51. The van der Waals surface area contributed by atoms with Crippen LogP contribution in [0.2, 0.25) is 0 Å². The van der Waals surface area contributed by atoms with Crippen LogP contribution in [0, 0.1) is 0 Å². The zero-order chi connectivity index (χ0) is 13.2. The SMILES string of the molecule is CCC1CN(C2(CN)CC(C)OC(C)C2)CCO1. The van der Waals surface area contributed by atoms with Crippen LogP contribution in [-0.2, 0) is 9.47 Å². The van der Waals surface area contributed by atoms with E-state index in [9.17, 15) is 0 Å². The van der Waals surface area contributed by atoms with Crippen LogP contribution in [0.25, 0.3) is 0 Å². The summed E-state index contributed by atoms with van der Waals surface area (Å²) >= 11 is 0. The van der Waals surface area contributed by atoms with Gasteiger partial charge in [-0.05, 0) is 33.1 Å². The Morgan fingerprint density at radius 3 is 2.50 bits per heavy atom. The van der Waals surface area contributed by atoms with Crippen molar-refractivity contribution in [2.45, 2.75) is 63.9 Å². The van der Waals surface area contributed by atoms with Crippen molar-refractivity contribution >= 4 is 0 Å². The van der Waals surface area contributed by atoms with Gasteiger partial charge in [-0.2, -0.15) is 0 Å². The Bertz CT molecular complexity index is 263. The normalized spacial score (nSPS) is 43.0. The number of morpholine rings is 1. The van der Waals surface area contributed by atoms with E-state index in [4.69, 9.17) is 15.2 Å². The lowest BCUT2D eigenvalue weighted by atomic mass is 9.82. The van der Waals surface area contributed by atoms with Crippen LogP contribution in [-0.4, -0.2) is 55.0 Å². The monoisotopic (exact) mass is 256 g/mol. The van der Waals surface area contributed by atoms with E-state index in [0.29, 0.717) is 18.3 Å². The minimum absolute atomic E-state index is 0.119. The lowest BCUT2D eigenvalue weighted by Crippen LogP contribution is -2.63. The second kappa shape index (κ2) is 5.87. The Morgan fingerprint density at radius 1 is 1.28 bits per heavy atom. The zero-order valence-corrected chi connectivity index (χ0v) is 12.0. The molecule has 2 N–H and O–H groups in total. The molecule has 0 aromatic rings. The summed E-state index contributed by atoms with van der Waals surface area (Å²) in [4.78, 5) is 2.57. The highest BCUT2D eigenvalue weighted by Crippen LogP contribution is 2.34. The van der Waals surface area contributed by atoms with Gasteiger partial charge >= 0.3 is 0 Å². The smallest absolute Gasteiger partial charge is 0.0700 e. The van der Waals surface area contributed by atoms with Crippen LogP contribution in [0.5, 0.6) is 0 Å². The molecule has 3 unspecified atom stereocenters. The van der Waals surface area contributed by atoms with Crippen molar-refractivity contribution < 1.29 is 9.47 Å². The van der Waals surface area contributed by atoms with Crippen LogP contribution < -0.4 is 5.73 Å².